The molecule has 1 rings (SSSR count). The van der Waals surface area contributed by atoms with E-state index in [1.165, 1.54) is 12.8 Å². The van der Waals surface area contributed by atoms with E-state index in [4.69, 9.17) is 0 Å². The van der Waals surface area contributed by atoms with Crippen LogP contribution in [0.1, 0.15) is 33.6 Å². The topological polar surface area (TPSA) is 0 Å². The average molecular weight is 137 g/mol. The van der Waals surface area contributed by atoms with Crippen LogP contribution in [0.5, 0.6) is 0 Å². The Hall–Kier alpha value is -0.260. The molecule has 57 valence electrons. The summed E-state index contributed by atoms with van der Waals surface area (Å²) in [7, 11) is 0. The molecule has 0 saturated carbocycles. The highest BCUT2D eigenvalue weighted by molar-refractivity contribution is 5.03. The zero-order valence-corrected chi connectivity index (χ0v) is 7.22. The molecule has 1 radical (unpaired) electrons. The Bertz CT molecular complexity index is 122. The van der Waals surface area contributed by atoms with Gasteiger partial charge < -0.3 is 0 Å². The second-order valence-electron chi connectivity index (χ2n) is 3.55. The summed E-state index contributed by atoms with van der Waals surface area (Å²) < 4.78 is 0. The predicted octanol–water partition coefficient (Wildman–Crippen LogP) is 3.20. The number of rotatable bonds is 1. The van der Waals surface area contributed by atoms with Gasteiger partial charge in [-0.05, 0) is 30.6 Å². The lowest BCUT2D eigenvalue weighted by Crippen LogP contribution is -2.17. The molecule has 0 aromatic rings. The van der Waals surface area contributed by atoms with E-state index >= 15 is 0 Å². The largest absolute Gasteiger partial charge is 0.0882 e. The van der Waals surface area contributed by atoms with Gasteiger partial charge in [0.2, 0.25) is 0 Å². The molecule has 0 nitrogen and oxygen atoms in total. The van der Waals surface area contributed by atoms with E-state index in [0.717, 1.165) is 11.8 Å². The summed E-state index contributed by atoms with van der Waals surface area (Å²) in [6, 6.07) is 0. The Morgan fingerprint density at radius 3 is 2.50 bits per heavy atom. The van der Waals surface area contributed by atoms with E-state index in [1.54, 1.807) is 5.92 Å². The van der Waals surface area contributed by atoms with Crippen molar-refractivity contribution in [1.29, 1.82) is 0 Å². The highest BCUT2D eigenvalue weighted by atomic mass is 14.2. The molecule has 0 bridgehead atoms. The lowest BCUT2D eigenvalue weighted by molar-refractivity contribution is 0.395. The fourth-order valence-corrected chi connectivity index (χ4v) is 1.80. The van der Waals surface area contributed by atoms with Crippen LogP contribution in [0.15, 0.2) is 12.2 Å². The van der Waals surface area contributed by atoms with E-state index in [1.807, 2.05) is 0 Å². The van der Waals surface area contributed by atoms with Gasteiger partial charge in [0.05, 0.1) is 0 Å². The molecule has 0 aromatic carbocycles. The first kappa shape index (κ1) is 7.84. The molecule has 0 spiro atoms. The third-order valence-electron chi connectivity index (χ3n) is 2.46. The Labute approximate surface area is 64.3 Å². The van der Waals surface area contributed by atoms with Crippen molar-refractivity contribution in [1.82, 2.24) is 0 Å². The normalized spacial score (nSPS) is 33.2. The maximum Gasteiger partial charge on any atom is -0.0228 e. The van der Waals surface area contributed by atoms with Crippen molar-refractivity contribution in [3.05, 3.63) is 18.1 Å². The van der Waals surface area contributed by atoms with Crippen molar-refractivity contribution in [3.63, 3.8) is 0 Å². The van der Waals surface area contributed by atoms with Crippen molar-refractivity contribution in [2.24, 2.45) is 11.8 Å². The number of hydrogen-bond acceptors (Lipinski definition) is 0. The molecular weight excluding hydrogens is 120 g/mol. The monoisotopic (exact) mass is 137 g/mol. The maximum absolute atomic E-state index is 2.35. The molecule has 0 fully saturated rings. The summed E-state index contributed by atoms with van der Waals surface area (Å²) >= 11 is 0. The molecule has 2 unspecified atom stereocenters. The van der Waals surface area contributed by atoms with Gasteiger partial charge >= 0.3 is 0 Å². The Balaban J connectivity index is 2.52. The zero-order chi connectivity index (χ0) is 7.56. The van der Waals surface area contributed by atoms with Gasteiger partial charge in [0.25, 0.3) is 0 Å². The van der Waals surface area contributed by atoms with E-state index in [9.17, 15) is 0 Å². The smallest absolute Gasteiger partial charge is 0.0228 e. The molecule has 1 aliphatic carbocycles. The quantitative estimate of drug-likeness (QED) is 0.487. The minimum Gasteiger partial charge on any atom is -0.0882 e. The molecule has 2 atom stereocenters. The summed E-state index contributed by atoms with van der Waals surface area (Å²) in [6.07, 6.45) is 7.30. The average Bonchev–Trinajstić information content (AvgIpc) is 1.88. The van der Waals surface area contributed by atoms with Crippen LogP contribution in [0.4, 0.5) is 0 Å². The highest BCUT2D eigenvalue weighted by Gasteiger charge is 2.20. The Morgan fingerprint density at radius 2 is 2.10 bits per heavy atom. The van der Waals surface area contributed by atoms with E-state index in [2.05, 4.69) is 32.9 Å². The zero-order valence-electron chi connectivity index (χ0n) is 7.22. The molecule has 0 N–H and O–H groups in total. The minimum atomic E-state index is 0.777. The van der Waals surface area contributed by atoms with Gasteiger partial charge in [-0.1, -0.05) is 32.9 Å². The van der Waals surface area contributed by atoms with E-state index < -0.39 is 0 Å². The van der Waals surface area contributed by atoms with Crippen LogP contribution in [-0.2, 0) is 0 Å². The fraction of sp³-hybridized carbons (Fsp3) is 0.700. The Kier molecular flexibility index (Phi) is 2.53. The van der Waals surface area contributed by atoms with Crippen LogP contribution < -0.4 is 0 Å². The molecule has 0 heterocycles. The maximum atomic E-state index is 2.35. The van der Waals surface area contributed by atoms with Crippen molar-refractivity contribution in [2.45, 2.75) is 33.6 Å². The minimum absolute atomic E-state index is 0.777. The van der Waals surface area contributed by atoms with Crippen molar-refractivity contribution >= 4 is 0 Å². The second kappa shape index (κ2) is 3.23. The van der Waals surface area contributed by atoms with Crippen LogP contribution in [0.25, 0.3) is 0 Å². The first-order valence-electron chi connectivity index (χ1n) is 4.18. The van der Waals surface area contributed by atoms with Crippen LogP contribution >= 0.6 is 0 Å². The SMILES string of the molecule is C[C](C)C1CCC=CC1C. The van der Waals surface area contributed by atoms with Crippen molar-refractivity contribution in [3.8, 4) is 0 Å². The van der Waals surface area contributed by atoms with Gasteiger partial charge in [0.1, 0.15) is 0 Å². The highest BCUT2D eigenvalue weighted by Crippen LogP contribution is 2.31. The van der Waals surface area contributed by atoms with E-state index in [0.29, 0.717) is 0 Å². The molecule has 0 saturated heterocycles. The van der Waals surface area contributed by atoms with Crippen LogP contribution in [0.2, 0.25) is 0 Å². The molecule has 0 aromatic heterocycles. The van der Waals surface area contributed by atoms with Crippen molar-refractivity contribution < 1.29 is 0 Å². The third kappa shape index (κ3) is 1.62. The van der Waals surface area contributed by atoms with Crippen molar-refractivity contribution in [2.75, 3.05) is 0 Å². The summed E-state index contributed by atoms with van der Waals surface area (Å²) in [5.74, 6) is 3.22. The standard InChI is InChI=1S/C10H17/c1-8(2)10-7-5-4-6-9(10)3/h4,6,9-10H,5,7H2,1-3H3. The van der Waals surface area contributed by atoms with Gasteiger partial charge in [-0.25, -0.2) is 0 Å². The van der Waals surface area contributed by atoms with E-state index in [-0.39, 0.29) is 0 Å². The second-order valence-corrected chi connectivity index (χ2v) is 3.55. The summed E-state index contributed by atoms with van der Waals surface area (Å²) in [5.41, 5.74) is 0. The molecule has 1 aliphatic rings. The number of hydrogen-bond donors (Lipinski definition) is 0. The summed E-state index contributed by atoms with van der Waals surface area (Å²) in [6.45, 7) is 6.81. The predicted molar refractivity (Wildman–Crippen MR) is 45.6 cm³/mol. The molecule has 0 heteroatoms. The first-order valence-corrected chi connectivity index (χ1v) is 4.18. The third-order valence-corrected chi connectivity index (χ3v) is 2.46. The molecule has 0 aliphatic heterocycles. The lowest BCUT2D eigenvalue weighted by atomic mass is 9.78. The van der Waals surface area contributed by atoms with Gasteiger partial charge in [-0.15, -0.1) is 0 Å². The molecule has 0 amide bonds. The van der Waals surface area contributed by atoms with Gasteiger partial charge in [0.15, 0.2) is 0 Å². The van der Waals surface area contributed by atoms with Gasteiger partial charge in [0, 0.05) is 0 Å². The summed E-state index contributed by atoms with van der Waals surface area (Å²) in [4.78, 5) is 0. The van der Waals surface area contributed by atoms with Crippen LogP contribution in [0, 0.1) is 17.8 Å². The molecule has 10 heavy (non-hydrogen) atoms. The van der Waals surface area contributed by atoms with Crippen LogP contribution in [0.3, 0.4) is 0 Å². The number of allylic oxidation sites excluding steroid dienone is 2. The summed E-state index contributed by atoms with van der Waals surface area (Å²) in [5, 5.41) is 0. The van der Waals surface area contributed by atoms with Gasteiger partial charge in [-0.2, -0.15) is 0 Å². The molecular formula is C10H17. The first-order chi connectivity index (χ1) is 4.72. The van der Waals surface area contributed by atoms with Crippen LogP contribution in [-0.4, -0.2) is 0 Å². The Morgan fingerprint density at radius 1 is 1.40 bits per heavy atom. The van der Waals surface area contributed by atoms with Gasteiger partial charge in [-0.3, -0.25) is 0 Å². The lowest BCUT2D eigenvalue weighted by Gasteiger charge is -2.27. The fourth-order valence-electron chi connectivity index (χ4n) is 1.80.